The number of esters is 1. The molecular formula is C21H25Cl2FN3O8PS. The van der Waals surface area contributed by atoms with E-state index in [0.29, 0.717) is 16.5 Å². The van der Waals surface area contributed by atoms with Gasteiger partial charge in [0.15, 0.2) is 10.6 Å². The molecule has 1 fully saturated rings. The molecule has 2 heterocycles. The molecule has 0 radical (unpaired) electrons. The van der Waals surface area contributed by atoms with Crippen molar-refractivity contribution in [1.82, 2.24) is 14.6 Å². The summed E-state index contributed by atoms with van der Waals surface area (Å²) in [7, 11) is 0. The molecule has 1 aromatic heterocycles. The fourth-order valence-corrected chi connectivity index (χ4v) is 6.26. The Hall–Kier alpha value is -1.83. The Morgan fingerprint density at radius 1 is 1.32 bits per heavy atom. The molecule has 2 aromatic rings. The zero-order valence-corrected chi connectivity index (χ0v) is 23.0. The number of hydrogen-bond acceptors (Lipinski definition) is 9. The smallest absolute Gasteiger partial charge is 0.330 e. The van der Waals surface area contributed by atoms with E-state index < -0.39 is 65.1 Å². The minimum Gasteiger partial charge on any atom is -0.462 e. The Morgan fingerprint density at radius 2 is 1.97 bits per heavy atom. The topological polar surface area (TPSA) is 141 Å². The van der Waals surface area contributed by atoms with Gasteiger partial charge in [0, 0.05) is 0 Å². The minimum absolute atomic E-state index is 0.341. The number of H-pyrrole nitrogens is 1. The molecule has 0 aliphatic carbocycles. The number of aromatic nitrogens is 2. The molecule has 204 valence electrons. The zero-order valence-electron chi connectivity index (χ0n) is 19.8. The Morgan fingerprint density at radius 3 is 2.59 bits per heavy atom. The van der Waals surface area contributed by atoms with Crippen molar-refractivity contribution in [2.24, 2.45) is 0 Å². The number of hydrogen-bond donors (Lipinski definition) is 3. The quantitative estimate of drug-likeness (QED) is 0.212. The van der Waals surface area contributed by atoms with Crippen LogP contribution in [-0.4, -0.2) is 55.9 Å². The summed E-state index contributed by atoms with van der Waals surface area (Å²) >= 11 is 18.1. The molecule has 1 aliphatic heterocycles. The average Bonchev–Trinajstić information content (AvgIpc) is 3.03. The van der Waals surface area contributed by atoms with Crippen molar-refractivity contribution >= 4 is 47.6 Å². The fraction of sp³-hybridized carbons (Fsp3) is 0.476. The zero-order chi connectivity index (χ0) is 27.5. The van der Waals surface area contributed by atoms with Crippen LogP contribution in [0, 0.1) is 5.82 Å². The molecule has 0 bridgehead atoms. The van der Waals surface area contributed by atoms with Crippen molar-refractivity contribution in [2.75, 3.05) is 6.61 Å². The predicted octanol–water partition coefficient (Wildman–Crippen LogP) is 2.36. The van der Waals surface area contributed by atoms with Crippen LogP contribution in [0.1, 0.15) is 27.0 Å². The highest BCUT2D eigenvalue weighted by molar-refractivity contribution is 8.09. The fourth-order valence-electron chi connectivity index (χ4n) is 3.25. The number of para-hydroxylation sites is 1. The maximum absolute atomic E-state index is 13.8. The number of aliphatic hydroxyl groups is 1. The third-order valence-electron chi connectivity index (χ3n) is 4.99. The lowest BCUT2D eigenvalue weighted by Gasteiger charge is -2.28. The van der Waals surface area contributed by atoms with Crippen LogP contribution in [0.15, 0.2) is 46.1 Å². The average molecular weight is 600 g/mol. The Bertz CT molecular complexity index is 1280. The molecule has 5 atom stereocenters. The largest absolute Gasteiger partial charge is 0.462 e. The molecule has 2 unspecified atom stereocenters. The third kappa shape index (κ3) is 7.18. The molecule has 0 spiro atoms. The van der Waals surface area contributed by atoms with E-state index in [1.807, 2.05) is 0 Å². The first-order chi connectivity index (χ1) is 17.2. The molecule has 1 saturated heterocycles. The van der Waals surface area contributed by atoms with Crippen molar-refractivity contribution < 1.29 is 32.8 Å². The van der Waals surface area contributed by atoms with E-state index in [9.17, 15) is 23.9 Å². The number of carbonyl (C=O) groups is 1. The monoisotopic (exact) mass is 599 g/mol. The summed E-state index contributed by atoms with van der Waals surface area (Å²) in [5.41, 5.74) is -2.31. The van der Waals surface area contributed by atoms with Gasteiger partial charge in [-0.3, -0.25) is 19.1 Å². The summed E-state index contributed by atoms with van der Waals surface area (Å²) in [5.74, 6) is -1.55. The number of halogens is 3. The number of alkyl halides is 2. The van der Waals surface area contributed by atoms with Gasteiger partial charge in [-0.1, -0.05) is 41.4 Å². The number of rotatable bonds is 10. The van der Waals surface area contributed by atoms with Crippen LogP contribution in [-0.2, 0) is 30.6 Å². The minimum atomic E-state index is -3.50. The molecule has 16 heteroatoms. The van der Waals surface area contributed by atoms with Gasteiger partial charge in [0.1, 0.15) is 24.0 Å². The summed E-state index contributed by atoms with van der Waals surface area (Å²) in [5, 5.41) is 13.5. The van der Waals surface area contributed by atoms with E-state index in [2.05, 4.69) is 5.09 Å². The summed E-state index contributed by atoms with van der Waals surface area (Å²) in [4.78, 5) is 37.7. The highest BCUT2D eigenvalue weighted by Crippen LogP contribution is 2.49. The van der Waals surface area contributed by atoms with E-state index in [-0.39, 0.29) is 6.10 Å². The number of benzene rings is 1. The lowest BCUT2D eigenvalue weighted by atomic mass is 10.2. The molecule has 1 aromatic carbocycles. The molecule has 0 saturated carbocycles. The molecule has 3 N–H and O–H groups in total. The van der Waals surface area contributed by atoms with Crippen LogP contribution in [0.5, 0.6) is 5.75 Å². The van der Waals surface area contributed by atoms with E-state index in [1.54, 1.807) is 49.2 Å². The van der Waals surface area contributed by atoms with Gasteiger partial charge in [-0.25, -0.2) is 9.88 Å². The molecule has 1 aliphatic rings. The maximum Gasteiger partial charge on any atom is 0.330 e. The van der Waals surface area contributed by atoms with E-state index >= 15 is 0 Å². The summed E-state index contributed by atoms with van der Waals surface area (Å²) in [6.07, 6.45) is -4.33. The highest BCUT2D eigenvalue weighted by Gasteiger charge is 2.56. The molecule has 11 nitrogen and oxygen atoms in total. The Kier molecular flexibility index (Phi) is 9.57. The van der Waals surface area contributed by atoms with Crippen LogP contribution in [0.3, 0.4) is 0 Å². The van der Waals surface area contributed by atoms with Crippen molar-refractivity contribution in [3.05, 3.63) is 63.2 Å². The first-order valence-corrected chi connectivity index (χ1v) is 14.3. The van der Waals surface area contributed by atoms with Gasteiger partial charge in [-0.2, -0.15) is 4.39 Å². The van der Waals surface area contributed by atoms with E-state index in [4.69, 9.17) is 53.5 Å². The Balaban J connectivity index is 1.82. The maximum atomic E-state index is 13.8. The van der Waals surface area contributed by atoms with Gasteiger partial charge in [-0.05, 0) is 44.7 Å². The van der Waals surface area contributed by atoms with Gasteiger partial charge in [0.05, 0.1) is 18.9 Å². The van der Waals surface area contributed by atoms with E-state index in [0.717, 1.165) is 0 Å². The number of nitrogens with one attached hydrogen (secondary N) is 2. The second kappa shape index (κ2) is 11.9. The predicted molar refractivity (Wildman–Crippen MR) is 137 cm³/mol. The van der Waals surface area contributed by atoms with Gasteiger partial charge in [0.2, 0.25) is 5.82 Å². The van der Waals surface area contributed by atoms with Crippen LogP contribution in [0.4, 0.5) is 4.39 Å². The van der Waals surface area contributed by atoms with Crippen molar-refractivity contribution in [2.45, 2.75) is 55.7 Å². The van der Waals surface area contributed by atoms with Crippen LogP contribution < -0.4 is 20.9 Å². The SMILES string of the molecule is CC(C)OC(=O)C(C)NP(=S)(OC[C@H]1O[C@@H](n2cc(F)c(=O)[nH]c2=O)C(Cl)(Cl)[C@@H]1O)Oc1ccccc1. The number of ether oxygens (including phenoxy) is 2. The summed E-state index contributed by atoms with van der Waals surface area (Å²) in [6.45, 7) is 0.939. The van der Waals surface area contributed by atoms with Crippen LogP contribution >= 0.6 is 29.8 Å². The normalized spacial score (nSPS) is 23.4. The molecule has 0 amide bonds. The lowest BCUT2D eigenvalue weighted by Crippen LogP contribution is -2.42. The molecular weight excluding hydrogens is 575 g/mol. The molecule has 3 rings (SSSR count). The van der Waals surface area contributed by atoms with Crippen molar-refractivity contribution in [3.63, 3.8) is 0 Å². The van der Waals surface area contributed by atoms with E-state index in [1.165, 1.54) is 6.92 Å². The summed E-state index contributed by atoms with van der Waals surface area (Å²) < 4.78 is 34.8. The second-order valence-electron chi connectivity index (χ2n) is 8.32. The van der Waals surface area contributed by atoms with Gasteiger partial charge >= 0.3 is 18.3 Å². The van der Waals surface area contributed by atoms with Crippen molar-refractivity contribution in [1.29, 1.82) is 0 Å². The number of carbonyl (C=O) groups excluding carboxylic acids is 1. The number of aliphatic hydroxyl groups excluding tert-OH is 1. The summed E-state index contributed by atoms with van der Waals surface area (Å²) in [6, 6.07) is 7.49. The van der Waals surface area contributed by atoms with Crippen LogP contribution in [0.25, 0.3) is 0 Å². The standard InChI is InChI=1S/C21H25Cl2FN3O8PS/c1-11(2)33-18(30)12(3)26-36(37,35-13-7-5-4-6-8-13)32-10-15-16(28)21(22,23)19(34-15)27-9-14(24)17(29)25-20(27)31/h4-9,11-12,15-16,19,28H,10H2,1-3H3,(H,26,37)(H,25,29,31)/t12?,15-,16-,19-,36?/m1/s1. The Labute approximate surface area is 226 Å². The number of nitrogens with zero attached hydrogens (tertiary/aromatic N) is 1. The van der Waals surface area contributed by atoms with Gasteiger partial charge in [0.25, 0.3) is 5.56 Å². The first-order valence-electron chi connectivity index (χ1n) is 10.9. The highest BCUT2D eigenvalue weighted by atomic mass is 35.5. The molecule has 37 heavy (non-hydrogen) atoms. The second-order valence-corrected chi connectivity index (χ2v) is 12.9. The van der Waals surface area contributed by atoms with Gasteiger partial charge < -0.3 is 23.6 Å². The van der Waals surface area contributed by atoms with Gasteiger partial charge in [-0.15, -0.1) is 0 Å². The third-order valence-corrected chi connectivity index (χ3v) is 8.31. The van der Waals surface area contributed by atoms with Crippen molar-refractivity contribution in [3.8, 4) is 5.75 Å². The lowest BCUT2D eigenvalue weighted by molar-refractivity contribution is -0.149. The first kappa shape index (κ1) is 29.7. The van der Waals surface area contributed by atoms with Crippen LogP contribution in [0.2, 0.25) is 0 Å². The number of aromatic amines is 1.